The molecule has 0 aromatic carbocycles. The van der Waals surface area contributed by atoms with E-state index in [0.717, 1.165) is 51.2 Å². The number of pyridine rings is 1. The molecular weight excluding hydrogens is 288 g/mol. The number of hydrogen-bond acceptors (Lipinski definition) is 4. The maximum atomic E-state index is 6.28. The van der Waals surface area contributed by atoms with Crippen LogP contribution in [0.4, 0.5) is 0 Å². The fourth-order valence-corrected chi connectivity index (χ4v) is 3.90. The third-order valence-electron chi connectivity index (χ3n) is 5.28. The number of ether oxygens (including phenoxy) is 1. The molecule has 2 aromatic heterocycles. The predicted molar refractivity (Wildman–Crippen MR) is 88.0 cm³/mol. The van der Waals surface area contributed by atoms with Crippen LogP contribution in [0.1, 0.15) is 36.4 Å². The second kappa shape index (κ2) is 6.06. The Labute approximate surface area is 137 Å². The molecule has 0 unspecified atom stereocenters. The summed E-state index contributed by atoms with van der Waals surface area (Å²) in [5, 5.41) is 4.30. The molecule has 2 aliphatic rings. The summed E-state index contributed by atoms with van der Waals surface area (Å²) >= 11 is 0. The van der Waals surface area contributed by atoms with Gasteiger partial charge in [0, 0.05) is 45.0 Å². The lowest BCUT2D eigenvalue weighted by atomic mass is 9.84. The Kier molecular flexibility index (Phi) is 3.91. The van der Waals surface area contributed by atoms with Gasteiger partial charge in [-0.05, 0) is 37.0 Å². The summed E-state index contributed by atoms with van der Waals surface area (Å²) in [6, 6.07) is 6.14. The van der Waals surface area contributed by atoms with Crippen LogP contribution >= 0.6 is 0 Å². The van der Waals surface area contributed by atoms with Crippen molar-refractivity contribution in [1.29, 1.82) is 0 Å². The molecule has 2 aromatic rings. The Morgan fingerprint density at radius 2 is 2.17 bits per heavy atom. The third-order valence-corrected chi connectivity index (χ3v) is 5.28. The average molecular weight is 312 g/mol. The summed E-state index contributed by atoms with van der Waals surface area (Å²) in [6.07, 6.45) is 9.37. The minimum atomic E-state index is 0.0844. The Balaban J connectivity index is 1.34. The van der Waals surface area contributed by atoms with Crippen molar-refractivity contribution in [3.8, 4) is 0 Å². The molecule has 1 atom stereocenters. The van der Waals surface area contributed by atoms with Crippen molar-refractivity contribution >= 4 is 0 Å². The van der Waals surface area contributed by atoms with Crippen LogP contribution in [-0.4, -0.2) is 45.0 Å². The van der Waals surface area contributed by atoms with Gasteiger partial charge >= 0.3 is 0 Å². The summed E-state index contributed by atoms with van der Waals surface area (Å²) in [7, 11) is 1.98. The fourth-order valence-electron chi connectivity index (χ4n) is 3.90. The van der Waals surface area contributed by atoms with E-state index in [1.54, 1.807) is 0 Å². The fraction of sp³-hybridized carbons (Fsp3) is 0.556. The van der Waals surface area contributed by atoms with E-state index in [9.17, 15) is 0 Å². The molecule has 0 N–H and O–H groups in total. The van der Waals surface area contributed by atoms with E-state index in [2.05, 4.69) is 33.3 Å². The molecule has 2 saturated heterocycles. The zero-order chi connectivity index (χ0) is 15.7. The Hall–Kier alpha value is -1.72. The molecule has 0 radical (unpaired) electrons. The molecule has 122 valence electrons. The first-order valence-electron chi connectivity index (χ1n) is 8.47. The van der Waals surface area contributed by atoms with Gasteiger partial charge in [0.25, 0.3) is 0 Å². The van der Waals surface area contributed by atoms with Crippen LogP contribution in [0.5, 0.6) is 0 Å². The van der Waals surface area contributed by atoms with Gasteiger partial charge in [-0.25, -0.2) is 0 Å². The topological polar surface area (TPSA) is 43.2 Å². The zero-order valence-electron chi connectivity index (χ0n) is 13.7. The molecular formula is C18H24N4O. The van der Waals surface area contributed by atoms with E-state index in [-0.39, 0.29) is 5.60 Å². The maximum Gasteiger partial charge on any atom is 0.0713 e. The number of nitrogens with zero attached hydrogens (tertiary/aromatic N) is 4. The number of aryl methyl sites for hydroxylation is 1. The van der Waals surface area contributed by atoms with E-state index in [1.807, 2.05) is 30.2 Å². The van der Waals surface area contributed by atoms with E-state index in [4.69, 9.17) is 4.74 Å². The minimum Gasteiger partial charge on any atom is -0.374 e. The quantitative estimate of drug-likeness (QED) is 0.872. The Morgan fingerprint density at radius 1 is 1.30 bits per heavy atom. The van der Waals surface area contributed by atoms with Crippen LogP contribution in [0.3, 0.4) is 0 Å². The smallest absolute Gasteiger partial charge is 0.0713 e. The molecule has 23 heavy (non-hydrogen) atoms. The van der Waals surface area contributed by atoms with Crippen molar-refractivity contribution in [2.24, 2.45) is 7.05 Å². The van der Waals surface area contributed by atoms with Crippen LogP contribution in [-0.2, 0) is 18.3 Å². The summed E-state index contributed by atoms with van der Waals surface area (Å²) in [6.45, 7) is 3.97. The molecule has 5 heteroatoms. The molecule has 1 spiro atoms. The second-order valence-corrected chi connectivity index (χ2v) is 6.94. The maximum absolute atomic E-state index is 6.28. The SMILES string of the molecule is Cn1cc([C@@H]2COC3(CCN(Cc4ccccn4)CC3)C2)cn1. The highest BCUT2D eigenvalue weighted by molar-refractivity contribution is 5.15. The molecule has 2 aliphatic heterocycles. The van der Waals surface area contributed by atoms with E-state index < -0.39 is 0 Å². The zero-order valence-corrected chi connectivity index (χ0v) is 13.7. The van der Waals surface area contributed by atoms with Gasteiger partial charge in [0.05, 0.1) is 24.1 Å². The van der Waals surface area contributed by atoms with Crippen molar-refractivity contribution in [3.63, 3.8) is 0 Å². The lowest BCUT2D eigenvalue weighted by Gasteiger charge is -2.38. The van der Waals surface area contributed by atoms with Crippen LogP contribution in [0.2, 0.25) is 0 Å². The van der Waals surface area contributed by atoms with Gasteiger partial charge in [-0.15, -0.1) is 0 Å². The standard InChI is InChI=1S/C18H24N4O/c1-21-12-16(11-20-21)15-10-18(23-14-15)5-8-22(9-6-18)13-17-4-2-3-7-19-17/h2-4,7,11-12,15H,5-6,8-10,13-14H2,1H3/t15-/m0/s1. The number of likely N-dealkylation sites (tertiary alicyclic amines) is 1. The first kappa shape index (κ1) is 14.8. The number of aromatic nitrogens is 3. The first-order valence-corrected chi connectivity index (χ1v) is 8.47. The van der Waals surface area contributed by atoms with E-state index >= 15 is 0 Å². The number of piperidine rings is 1. The average Bonchev–Trinajstić information content (AvgIpc) is 3.18. The van der Waals surface area contributed by atoms with Gasteiger partial charge in [-0.1, -0.05) is 6.07 Å². The molecule has 2 fully saturated rings. The second-order valence-electron chi connectivity index (χ2n) is 6.94. The monoisotopic (exact) mass is 312 g/mol. The predicted octanol–water partition coefficient (Wildman–Crippen LogP) is 2.35. The normalized spacial score (nSPS) is 24.3. The van der Waals surface area contributed by atoms with Crippen molar-refractivity contribution in [2.45, 2.75) is 37.3 Å². The van der Waals surface area contributed by atoms with E-state index in [0.29, 0.717) is 5.92 Å². The highest BCUT2D eigenvalue weighted by Gasteiger charge is 2.43. The molecule has 0 saturated carbocycles. The van der Waals surface area contributed by atoms with Crippen molar-refractivity contribution < 1.29 is 4.74 Å². The highest BCUT2D eigenvalue weighted by atomic mass is 16.5. The third kappa shape index (κ3) is 3.16. The minimum absolute atomic E-state index is 0.0844. The molecule has 0 amide bonds. The summed E-state index contributed by atoms with van der Waals surface area (Å²) < 4.78 is 8.16. The largest absolute Gasteiger partial charge is 0.374 e. The van der Waals surface area contributed by atoms with Crippen LogP contribution in [0, 0.1) is 0 Å². The van der Waals surface area contributed by atoms with E-state index in [1.165, 1.54) is 5.56 Å². The van der Waals surface area contributed by atoms with Gasteiger partial charge < -0.3 is 4.74 Å². The lowest BCUT2D eigenvalue weighted by molar-refractivity contribution is -0.0450. The van der Waals surface area contributed by atoms with Gasteiger partial charge in [-0.3, -0.25) is 14.6 Å². The Bertz CT molecular complexity index is 646. The Morgan fingerprint density at radius 3 is 2.87 bits per heavy atom. The molecule has 5 nitrogen and oxygen atoms in total. The number of rotatable bonds is 3. The molecule has 4 heterocycles. The highest BCUT2D eigenvalue weighted by Crippen LogP contribution is 2.42. The lowest BCUT2D eigenvalue weighted by Crippen LogP contribution is -2.43. The van der Waals surface area contributed by atoms with Gasteiger partial charge in [0.15, 0.2) is 0 Å². The molecule has 4 rings (SSSR count). The van der Waals surface area contributed by atoms with Crippen molar-refractivity contribution in [3.05, 3.63) is 48.0 Å². The van der Waals surface area contributed by atoms with Gasteiger partial charge in [0.2, 0.25) is 0 Å². The van der Waals surface area contributed by atoms with Crippen molar-refractivity contribution in [1.82, 2.24) is 19.7 Å². The van der Waals surface area contributed by atoms with Gasteiger partial charge in [0.1, 0.15) is 0 Å². The van der Waals surface area contributed by atoms with Gasteiger partial charge in [-0.2, -0.15) is 5.10 Å². The summed E-state index contributed by atoms with van der Waals surface area (Å²) in [5.41, 5.74) is 2.56. The number of hydrogen-bond donors (Lipinski definition) is 0. The summed E-state index contributed by atoms with van der Waals surface area (Å²) in [4.78, 5) is 6.93. The van der Waals surface area contributed by atoms with Crippen LogP contribution in [0.25, 0.3) is 0 Å². The molecule has 0 aliphatic carbocycles. The van der Waals surface area contributed by atoms with Crippen LogP contribution in [0.15, 0.2) is 36.8 Å². The molecule has 0 bridgehead atoms. The first-order chi connectivity index (χ1) is 11.2. The summed E-state index contributed by atoms with van der Waals surface area (Å²) in [5.74, 6) is 0.506. The van der Waals surface area contributed by atoms with Crippen LogP contribution < -0.4 is 0 Å². The van der Waals surface area contributed by atoms with Crippen molar-refractivity contribution in [2.75, 3.05) is 19.7 Å².